The van der Waals surface area contributed by atoms with Crippen LogP contribution in [0.25, 0.3) is 0 Å². The van der Waals surface area contributed by atoms with Crippen LogP contribution in [0.3, 0.4) is 0 Å². The lowest BCUT2D eigenvalue weighted by molar-refractivity contribution is -0.121. The van der Waals surface area contributed by atoms with Crippen molar-refractivity contribution in [1.29, 1.82) is 0 Å². The van der Waals surface area contributed by atoms with Gasteiger partial charge in [-0.2, -0.15) is 5.10 Å². The van der Waals surface area contributed by atoms with E-state index in [0.717, 1.165) is 11.3 Å². The number of rotatable bonds is 6. The van der Waals surface area contributed by atoms with Gasteiger partial charge in [-0.1, -0.05) is 42.0 Å². The molecule has 1 amide bonds. The number of nitrogens with one attached hydrogen (secondary N) is 2. The lowest BCUT2D eigenvalue weighted by Crippen LogP contribution is -2.35. The SMILES string of the molecule is COc1ccccc1N[C@H](C)C(=O)N/N=C\c1ccc(C)cc1. The van der Waals surface area contributed by atoms with Gasteiger partial charge in [0.2, 0.25) is 0 Å². The van der Waals surface area contributed by atoms with Gasteiger partial charge in [-0.15, -0.1) is 0 Å². The summed E-state index contributed by atoms with van der Waals surface area (Å²) in [5.74, 6) is 0.467. The van der Waals surface area contributed by atoms with Crippen LogP contribution in [0.2, 0.25) is 0 Å². The van der Waals surface area contributed by atoms with E-state index < -0.39 is 6.04 Å². The number of para-hydroxylation sites is 2. The molecule has 0 bridgehead atoms. The predicted molar refractivity (Wildman–Crippen MR) is 93.0 cm³/mol. The predicted octanol–water partition coefficient (Wildman–Crippen LogP) is 2.95. The maximum absolute atomic E-state index is 12.1. The summed E-state index contributed by atoms with van der Waals surface area (Å²) >= 11 is 0. The standard InChI is InChI=1S/C18H21N3O2/c1-13-8-10-15(11-9-13)12-19-21-18(22)14(2)20-16-6-4-5-7-17(16)23-3/h4-12,14,20H,1-3H3,(H,21,22)/b19-12-/t14-/m1/s1. The number of ether oxygens (including phenoxy) is 1. The first-order chi connectivity index (χ1) is 11.1. The molecule has 0 fully saturated rings. The van der Waals surface area contributed by atoms with Gasteiger partial charge in [0.05, 0.1) is 19.0 Å². The second-order valence-electron chi connectivity index (χ2n) is 5.21. The molecule has 1 atom stereocenters. The summed E-state index contributed by atoms with van der Waals surface area (Å²) < 4.78 is 5.25. The van der Waals surface area contributed by atoms with Gasteiger partial charge in [-0.05, 0) is 31.5 Å². The maximum Gasteiger partial charge on any atom is 0.262 e. The molecule has 0 saturated heterocycles. The summed E-state index contributed by atoms with van der Waals surface area (Å²) in [7, 11) is 1.59. The number of hydrogen-bond acceptors (Lipinski definition) is 4. The minimum Gasteiger partial charge on any atom is -0.495 e. The summed E-state index contributed by atoms with van der Waals surface area (Å²) in [4.78, 5) is 12.1. The molecule has 0 heterocycles. The minimum absolute atomic E-state index is 0.223. The molecule has 0 saturated carbocycles. The average molecular weight is 311 g/mol. The van der Waals surface area contributed by atoms with E-state index in [2.05, 4.69) is 15.8 Å². The number of aryl methyl sites for hydroxylation is 1. The van der Waals surface area contributed by atoms with Crippen molar-refractivity contribution in [3.8, 4) is 5.75 Å². The first-order valence-electron chi connectivity index (χ1n) is 7.39. The molecule has 0 aliphatic rings. The minimum atomic E-state index is -0.443. The van der Waals surface area contributed by atoms with Crippen LogP contribution in [0.1, 0.15) is 18.1 Å². The van der Waals surface area contributed by atoms with Crippen molar-refractivity contribution in [2.24, 2.45) is 5.10 Å². The van der Waals surface area contributed by atoms with Crippen molar-refractivity contribution in [1.82, 2.24) is 5.43 Å². The summed E-state index contributed by atoms with van der Waals surface area (Å²) in [5.41, 5.74) is 5.41. The highest BCUT2D eigenvalue weighted by Gasteiger charge is 2.13. The Hall–Kier alpha value is -2.82. The maximum atomic E-state index is 12.1. The fourth-order valence-electron chi connectivity index (χ4n) is 1.98. The van der Waals surface area contributed by atoms with Crippen molar-refractivity contribution in [3.63, 3.8) is 0 Å². The van der Waals surface area contributed by atoms with E-state index in [9.17, 15) is 4.79 Å². The summed E-state index contributed by atoms with van der Waals surface area (Å²) in [6.07, 6.45) is 1.62. The van der Waals surface area contributed by atoms with Crippen LogP contribution in [0.15, 0.2) is 53.6 Å². The third-order valence-corrected chi connectivity index (χ3v) is 3.34. The second kappa shape index (κ2) is 7.98. The van der Waals surface area contributed by atoms with Crippen molar-refractivity contribution in [2.45, 2.75) is 19.9 Å². The van der Waals surface area contributed by atoms with Crippen LogP contribution in [0, 0.1) is 6.92 Å². The number of carbonyl (C=O) groups is 1. The van der Waals surface area contributed by atoms with E-state index in [4.69, 9.17) is 4.74 Å². The van der Waals surface area contributed by atoms with E-state index >= 15 is 0 Å². The fourth-order valence-corrected chi connectivity index (χ4v) is 1.98. The first-order valence-corrected chi connectivity index (χ1v) is 7.39. The molecule has 0 unspecified atom stereocenters. The molecule has 120 valence electrons. The smallest absolute Gasteiger partial charge is 0.262 e. The van der Waals surface area contributed by atoms with E-state index in [0.29, 0.717) is 5.75 Å². The molecule has 5 heteroatoms. The fraction of sp³-hybridized carbons (Fsp3) is 0.222. The molecule has 2 N–H and O–H groups in total. The molecule has 0 spiro atoms. The van der Waals surface area contributed by atoms with Gasteiger partial charge in [0.15, 0.2) is 0 Å². The number of hydrogen-bond donors (Lipinski definition) is 2. The monoisotopic (exact) mass is 311 g/mol. The highest BCUT2D eigenvalue weighted by atomic mass is 16.5. The molecule has 2 aromatic rings. The Bertz CT molecular complexity index is 681. The van der Waals surface area contributed by atoms with Crippen molar-refractivity contribution < 1.29 is 9.53 Å². The van der Waals surface area contributed by atoms with Crippen LogP contribution in [0.5, 0.6) is 5.75 Å². The Morgan fingerprint density at radius 2 is 1.87 bits per heavy atom. The molecule has 5 nitrogen and oxygen atoms in total. The van der Waals surface area contributed by atoms with Crippen LogP contribution in [-0.4, -0.2) is 25.3 Å². The van der Waals surface area contributed by atoms with Gasteiger partial charge < -0.3 is 10.1 Å². The van der Waals surface area contributed by atoms with E-state index in [1.165, 1.54) is 5.56 Å². The molecular weight excluding hydrogens is 290 g/mol. The average Bonchev–Trinajstić information content (AvgIpc) is 2.57. The number of hydrazone groups is 1. The van der Waals surface area contributed by atoms with Crippen molar-refractivity contribution in [3.05, 3.63) is 59.7 Å². The Morgan fingerprint density at radius 1 is 1.17 bits per heavy atom. The molecule has 2 rings (SSSR count). The Labute approximate surface area is 136 Å². The molecule has 0 aromatic heterocycles. The lowest BCUT2D eigenvalue weighted by atomic mass is 10.2. The number of carbonyl (C=O) groups excluding carboxylic acids is 1. The van der Waals surface area contributed by atoms with Gasteiger partial charge in [0.1, 0.15) is 11.8 Å². The summed E-state index contributed by atoms with van der Waals surface area (Å²) in [5, 5.41) is 7.09. The van der Waals surface area contributed by atoms with Crippen molar-refractivity contribution in [2.75, 3.05) is 12.4 Å². The third-order valence-electron chi connectivity index (χ3n) is 3.34. The highest BCUT2D eigenvalue weighted by molar-refractivity contribution is 5.86. The zero-order chi connectivity index (χ0) is 16.7. The van der Waals surface area contributed by atoms with Crippen LogP contribution in [0.4, 0.5) is 5.69 Å². The quantitative estimate of drug-likeness (QED) is 0.637. The zero-order valence-corrected chi connectivity index (χ0v) is 13.5. The Balaban J connectivity index is 1.91. The summed E-state index contributed by atoms with van der Waals surface area (Å²) in [6.45, 7) is 3.79. The van der Waals surface area contributed by atoms with Gasteiger partial charge in [0.25, 0.3) is 5.91 Å². The van der Waals surface area contributed by atoms with Crippen LogP contribution < -0.4 is 15.5 Å². The second-order valence-corrected chi connectivity index (χ2v) is 5.21. The normalized spacial score (nSPS) is 12.0. The number of methoxy groups -OCH3 is 1. The number of nitrogens with zero attached hydrogens (tertiary/aromatic N) is 1. The van der Waals surface area contributed by atoms with Crippen LogP contribution in [-0.2, 0) is 4.79 Å². The molecular formula is C18H21N3O2. The van der Waals surface area contributed by atoms with E-state index in [1.807, 2.05) is 55.5 Å². The molecule has 0 aliphatic heterocycles. The van der Waals surface area contributed by atoms with Gasteiger partial charge >= 0.3 is 0 Å². The molecule has 2 aromatic carbocycles. The van der Waals surface area contributed by atoms with Gasteiger partial charge in [0, 0.05) is 0 Å². The number of anilines is 1. The lowest BCUT2D eigenvalue weighted by Gasteiger charge is -2.15. The molecule has 0 radical (unpaired) electrons. The van der Waals surface area contributed by atoms with Crippen LogP contribution >= 0.6 is 0 Å². The first kappa shape index (κ1) is 16.5. The Kier molecular flexibility index (Phi) is 5.74. The zero-order valence-electron chi connectivity index (χ0n) is 13.5. The molecule has 23 heavy (non-hydrogen) atoms. The van der Waals surface area contributed by atoms with Gasteiger partial charge in [-0.25, -0.2) is 5.43 Å². The van der Waals surface area contributed by atoms with E-state index in [1.54, 1.807) is 20.2 Å². The van der Waals surface area contributed by atoms with Gasteiger partial charge in [-0.3, -0.25) is 4.79 Å². The summed E-state index contributed by atoms with van der Waals surface area (Å²) in [6, 6.07) is 14.9. The van der Waals surface area contributed by atoms with Crippen molar-refractivity contribution >= 4 is 17.8 Å². The van der Waals surface area contributed by atoms with E-state index in [-0.39, 0.29) is 5.91 Å². The third kappa shape index (κ3) is 4.85. The largest absolute Gasteiger partial charge is 0.495 e. The number of amides is 1. The Morgan fingerprint density at radius 3 is 2.57 bits per heavy atom. The molecule has 0 aliphatic carbocycles. The highest BCUT2D eigenvalue weighted by Crippen LogP contribution is 2.23. The topological polar surface area (TPSA) is 62.7 Å². The number of benzene rings is 2.